The minimum atomic E-state index is -5.09. The van der Waals surface area contributed by atoms with Gasteiger partial charge in [0, 0.05) is 0 Å². The third-order valence-corrected chi connectivity index (χ3v) is 4.52. The smallest absolute Gasteiger partial charge is 0.267 e. The Labute approximate surface area is 137 Å². The summed E-state index contributed by atoms with van der Waals surface area (Å²) in [7, 11) is -4.35. The van der Waals surface area contributed by atoms with Crippen LogP contribution in [0.5, 0.6) is 5.75 Å². The normalized spacial score (nSPS) is 11.5. The fourth-order valence-electron chi connectivity index (χ4n) is 1.77. The van der Waals surface area contributed by atoms with Gasteiger partial charge in [-0.1, -0.05) is 11.6 Å². The highest BCUT2D eigenvalue weighted by atomic mass is 35.5. The standard InChI is InChI=1S/C13H7ClF5NO3S/c1-23-12-8(16)10(18)13(11(19)9(12)17)24(21,22)20-5-2-3-7(15)6(14)4-5/h2-4,20H,1H3. The minimum Gasteiger partial charge on any atom is -0.491 e. The minimum absolute atomic E-state index is 0.378. The summed E-state index contributed by atoms with van der Waals surface area (Å²) in [4.78, 5) is -1.89. The fraction of sp³-hybridized carbons (Fsp3) is 0.0769. The predicted molar refractivity (Wildman–Crippen MR) is 75.0 cm³/mol. The predicted octanol–water partition coefficient (Wildman–Crippen LogP) is 3.84. The third kappa shape index (κ3) is 3.11. The summed E-state index contributed by atoms with van der Waals surface area (Å²) in [5.41, 5.74) is -0.378. The van der Waals surface area contributed by atoms with Gasteiger partial charge in [-0.25, -0.2) is 21.6 Å². The molecule has 4 nitrogen and oxygen atoms in total. The molecule has 24 heavy (non-hydrogen) atoms. The molecular weight excluding hydrogens is 381 g/mol. The molecule has 1 N–H and O–H groups in total. The van der Waals surface area contributed by atoms with Crippen LogP contribution >= 0.6 is 11.6 Å². The molecule has 0 radical (unpaired) electrons. The molecular formula is C13H7ClF5NO3S. The van der Waals surface area contributed by atoms with Gasteiger partial charge in [-0.15, -0.1) is 0 Å². The lowest BCUT2D eigenvalue weighted by Gasteiger charge is -2.13. The van der Waals surface area contributed by atoms with E-state index in [0.717, 1.165) is 25.3 Å². The summed E-state index contributed by atoms with van der Waals surface area (Å²) in [6.45, 7) is 0. The molecule has 0 atom stereocenters. The van der Waals surface area contributed by atoms with Gasteiger partial charge >= 0.3 is 0 Å². The molecule has 0 bridgehead atoms. The van der Waals surface area contributed by atoms with Gasteiger partial charge in [0.2, 0.25) is 11.6 Å². The largest absolute Gasteiger partial charge is 0.491 e. The van der Waals surface area contributed by atoms with Crippen molar-refractivity contribution in [2.75, 3.05) is 11.8 Å². The highest BCUT2D eigenvalue weighted by Gasteiger charge is 2.34. The second-order valence-electron chi connectivity index (χ2n) is 4.35. The first-order valence-electron chi connectivity index (χ1n) is 5.98. The Morgan fingerprint density at radius 1 is 1.00 bits per heavy atom. The van der Waals surface area contributed by atoms with E-state index in [-0.39, 0.29) is 5.69 Å². The van der Waals surface area contributed by atoms with E-state index in [1.165, 1.54) is 0 Å². The van der Waals surface area contributed by atoms with Crippen molar-refractivity contribution in [3.63, 3.8) is 0 Å². The van der Waals surface area contributed by atoms with Crippen LogP contribution in [0.25, 0.3) is 0 Å². The van der Waals surface area contributed by atoms with Gasteiger partial charge in [-0.05, 0) is 18.2 Å². The van der Waals surface area contributed by atoms with E-state index in [1.807, 2.05) is 0 Å². The molecule has 2 aromatic carbocycles. The maximum Gasteiger partial charge on any atom is 0.267 e. The molecule has 2 rings (SSSR count). The van der Waals surface area contributed by atoms with Crippen molar-refractivity contribution in [2.24, 2.45) is 0 Å². The molecule has 0 fully saturated rings. The zero-order valence-corrected chi connectivity index (χ0v) is 13.2. The zero-order chi connectivity index (χ0) is 18.2. The van der Waals surface area contributed by atoms with E-state index in [2.05, 4.69) is 4.74 Å². The van der Waals surface area contributed by atoms with Crippen molar-refractivity contribution in [2.45, 2.75) is 4.90 Å². The highest BCUT2D eigenvalue weighted by molar-refractivity contribution is 7.92. The number of methoxy groups -OCH3 is 1. The highest BCUT2D eigenvalue weighted by Crippen LogP contribution is 2.33. The Bertz CT molecular complexity index is 891. The first-order chi connectivity index (χ1) is 11.1. The van der Waals surface area contributed by atoms with Crippen LogP contribution in [-0.4, -0.2) is 15.5 Å². The monoisotopic (exact) mass is 387 g/mol. The number of halogens is 6. The van der Waals surface area contributed by atoms with E-state index >= 15 is 0 Å². The lowest BCUT2D eigenvalue weighted by atomic mass is 10.3. The lowest BCUT2D eigenvalue weighted by Crippen LogP contribution is -2.19. The van der Waals surface area contributed by atoms with Crippen LogP contribution in [-0.2, 0) is 10.0 Å². The number of hydrogen-bond acceptors (Lipinski definition) is 3. The molecule has 0 aliphatic rings. The second kappa shape index (κ2) is 6.44. The quantitative estimate of drug-likeness (QED) is 0.640. The number of hydrogen-bond donors (Lipinski definition) is 1. The van der Waals surface area contributed by atoms with E-state index in [0.29, 0.717) is 0 Å². The summed E-state index contributed by atoms with van der Waals surface area (Å²) in [5, 5.41) is -0.483. The molecule has 0 heterocycles. The number of rotatable bonds is 4. The van der Waals surface area contributed by atoms with E-state index < -0.39 is 54.8 Å². The van der Waals surface area contributed by atoms with Crippen LogP contribution in [0.2, 0.25) is 5.02 Å². The molecule has 0 saturated carbocycles. The molecule has 11 heteroatoms. The summed E-state index contributed by atoms with van der Waals surface area (Å²) in [5.74, 6) is -10.7. The number of nitrogens with one attached hydrogen (secondary N) is 1. The van der Waals surface area contributed by atoms with E-state index in [9.17, 15) is 30.4 Å². The second-order valence-corrected chi connectivity index (χ2v) is 6.38. The first-order valence-corrected chi connectivity index (χ1v) is 7.84. The van der Waals surface area contributed by atoms with Crippen molar-refractivity contribution in [1.82, 2.24) is 0 Å². The Kier molecular flexibility index (Phi) is 4.90. The van der Waals surface area contributed by atoms with Crippen LogP contribution in [0.15, 0.2) is 23.1 Å². The lowest BCUT2D eigenvalue weighted by molar-refractivity contribution is 0.322. The molecule has 0 aliphatic heterocycles. The van der Waals surface area contributed by atoms with Crippen LogP contribution in [0, 0.1) is 29.1 Å². The van der Waals surface area contributed by atoms with Gasteiger partial charge in [0.1, 0.15) is 5.82 Å². The topological polar surface area (TPSA) is 55.4 Å². The van der Waals surface area contributed by atoms with Crippen molar-refractivity contribution in [3.05, 3.63) is 52.3 Å². The van der Waals surface area contributed by atoms with Gasteiger partial charge < -0.3 is 4.74 Å². The van der Waals surface area contributed by atoms with Crippen LogP contribution < -0.4 is 9.46 Å². The third-order valence-electron chi connectivity index (χ3n) is 2.83. The Hall–Kier alpha value is -2.07. The SMILES string of the molecule is COc1c(F)c(F)c(S(=O)(=O)Nc2ccc(F)c(Cl)c2)c(F)c1F. The summed E-state index contributed by atoms with van der Waals surface area (Å²) < 4.78 is 97.9. The van der Waals surface area contributed by atoms with Crippen molar-refractivity contribution >= 4 is 27.3 Å². The molecule has 130 valence electrons. The fourth-order valence-corrected chi connectivity index (χ4v) is 3.14. The Morgan fingerprint density at radius 3 is 2.00 bits per heavy atom. The number of benzene rings is 2. The van der Waals surface area contributed by atoms with E-state index in [1.54, 1.807) is 4.72 Å². The molecule has 0 spiro atoms. The molecule has 0 amide bonds. The zero-order valence-electron chi connectivity index (χ0n) is 11.6. The van der Waals surface area contributed by atoms with Crippen molar-refractivity contribution in [1.29, 1.82) is 0 Å². The summed E-state index contributed by atoms with van der Waals surface area (Å²) >= 11 is 5.45. The summed E-state index contributed by atoms with van der Waals surface area (Å²) in [6.07, 6.45) is 0. The van der Waals surface area contributed by atoms with Gasteiger partial charge in [-0.2, -0.15) is 8.78 Å². The number of anilines is 1. The molecule has 0 aliphatic carbocycles. The van der Waals surface area contributed by atoms with E-state index in [4.69, 9.17) is 11.6 Å². The summed E-state index contributed by atoms with van der Waals surface area (Å²) in [6, 6.07) is 2.48. The van der Waals surface area contributed by atoms with Gasteiger partial charge in [0.25, 0.3) is 10.0 Å². The average Bonchev–Trinajstić information content (AvgIpc) is 2.49. The molecule has 0 saturated heterocycles. The maximum absolute atomic E-state index is 13.9. The van der Waals surface area contributed by atoms with Gasteiger partial charge in [0.05, 0.1) is 17.8 Å². The Balaban J connectivity index is 2.59. The average molecular weight is 388 g/mol. The van der Waals surface area contributed by atoms with Crippen LogP contribution in [0.4, 0.5) is 27.6 Å². The number of ether oxygens (including phenoxy) is 1. The van der Waals surface area contributed by atoms with Crippen molar-refractivity contribution in [3.8, 4) is 5.75 Å². The molecule has 2 aromatic rings. The molecule has 0 aromatic heterocycles. The van der Waals surface area contributed by atoms with Crippen LogP contribution in [0.3, 0.4) is 0 Å². The molecule has 0 unspecified atom stereocenters. The van der Waals surface area contributed by atoms with Crippen molar-refractivity contribution < 1.29 is 35.1 Å². The van der Waals surface area contributed by atoms with Gasteiger partial charge in [-0.3, -0.25) is 4.72 Å². The van der Waals surface area contributed by atoms with Gasteiger partial charge in [0.15, 0.2) is 22.3 Å². The maximum atomic E-state index is 13.9. The van der Waals surface area contributed by atoms with Crippen LogP contribution in [0.1, 0.15) is 0 Å². The number of sulfonamides is 1. The Morgan fingerprint density at radius 2 is 1.54 bits per heavy atom. The first kappa shape index (κ1) is 18.3.